The van der Waals surface area contributed by atoms with E-state index in [-0.39, 0.29) is 24.3 Å². The first kappa shape index (κ1) is 15.3. The average Bonchev–Trinajstić information content (AvgIpc) is 2.36. The van der Waals surface area contributed by atoms with Gasteiger partial charge in [-0.15, -0.1) is 0 Å². The molecule has 0 aromatic carbocycles. The first-order chi connectivity index (χ1) is 8.56. The van der Waals surface area contributed by atoms with Crippen molar-refractivity contribution in [2.24, 2.45) is 5.92 Å². The minimum absolute atomic E-state index is 0.0328. The van der Waals surface area contributed by atoms with Crippen LogP contribution in [0.4, 0.5) is 0 Å². The first-order valence-electron chi connectivity index (χ1n) is 6.57. The lowest BCUT2D eigenvalue weighted by Gasteiger charge is -2.37. The van der Waals surface area contributed by atoms with Crippen molar-refractivity contribution in [2.75, 3.05) is 18.6 Å². The van der Waals surface area contributed by atoms with Gasteiger partial charge in [-0.2, -0.15) is 11.8 Å². The Kier molecular flexibility index (Phi) is 6.54. The second-order valence-electron chi connectivity index (χ2n) is 4.97. The molecule has 1 fully saturated rings. The molecule has 2 unspecified atom stereocenters. The second-order valence-corrected chi connectivity index (χ2v) is 5.88. The summed E-state index contributed by atoms with van der Waals surface area (Å²) in [6, 6.07) is 0.131. The summed E-state index contributed by atoms with van der Waals surface area (Å²) in [5.41, 5.74) is 0. The van der Waals surface area contributed by atoms with Crippen molar-refractivity contribution in [1.82, 2.24) is 4.90 Å². The number of carboxylic acids is 1. The number of hydrogen-bond acceptors (Lipinski definition) is 3. The van der Waals surface area contributed by atoms with Crippen LogP contribution in [-0.4, -0.2) is 46.5 Å². The van der Waals surface area contributed by atoms with Gasteiger partial charge in [0, 0.05) is 30.7 Å². The molecule has 1 rings (SSSR count). The molecule has 4 nitrogen and oxygen atoms in total. The van der Waals surface area contributed by atoms with Crippen LogP contribution in [0.3, 0.4) is 0 Å². The first-order valence-corrected chi connectivity index (χ1v) is 7.96. The van der Waals surface area contributed by atoms with E-state index < -0.39 is 5.97 Å². The molecule has 0 spiro atoms. The molecule has 1 aliphatic heterocycles. The zero-order valence-corrected chi connectivity index (χ0v) is 12.0. The van der Waals surface area contributed by atoms with E-state index >= 15 is 0 Å². The van der Waals surface area contributed by atoms with Crippen molar-refractivity contribution >= 4 is 23.6 Å². The Morgan fingerprint density at radius 1 is 1.44 bits per heavy atom. The van der Waals surface area contributed by atoms with Gasteiger partial charge in [-0.3, -0.25) is 9.59 Å². The van der Waals surface area contributed by atoms with Crippen LogP contribution in [0.1, 0.15) is 39.0 Å². The maximum absolute atomic E-state index is 12.3. The van der Waals surface area contributed by atoms with Gasteiger partial charge in [0.15, 0.2) is 0 Å². The lowest BCUT2D eigenvalue weighted by atomic mass is 9.96. The van der Waals surface area contributed by atoms with Gasteiger partial charge in [0.2, 0.25) is 5.91 Å². The molecule has 0 radical (unpaired) electrons. The van der Waals surface area contributed by atoms with Gasteiger partial charge >= 0.3 is 5.97 Å². The largest absolute Gasteiger partial charge is 0.481 e. The number of amides is 1. The third kappa shape index (κ3) is 4.52. The lowest BCUT2D eigenvalue weighted by molar-refractivity contribution is -0.141. The van der Waals surface area contributed by atoms with Crippen LogP contribution < -0.4 is 0 Å². The molecular formula is C13H23NO3S. The molecule has 0 aliphatic carbocycles. The Bertz CT molecular complexity index is 296. The van der Waals surface area contributed by atoms with Crippen molar-refractivity contribution in [2.45, 2.75) is 45.1 Å². The van der Waals surface area contributed by atoms with Crippen LogP contribution >= 0.6 is 11.8 Å². The minimum atomic E-state index is -0.773. The molecule has 0 aromatic heterocycles. The lowest BCUT2D eigenvalue weighted by Crippen LogP contribution is -2.46. The van der Waals surface area contributed by atoms with E-state index in [1.165, 1.54) is 0 Å². The second kappa shape index (κ2) is 7.67. The molecule has 1 aliphatic rings. The molecule has 0 saturated carbocycles. The Hall–Kier alpha value is -0.710. The number of likely N-dealkylation sites (tertiary alicyclic amines) is 1. The van der Waals surface area contributed by atoms with Crippen molar-refractivity contribution in [3.05, 3.63) is 0 Å². The van der Waals surface area contributed by atoms with E-state index in [9.17, 15) is 9.59 Å². The van der Waals surface area contributed by atoms with Crippen molar-refractivity contribution in [3.63, 3.8) is 0 Å². The number of nitrogens with zero attached hydrogens (tertiary/aromatic N) is 1. The van der Waals surface area contributed by atoms with Crippen LogP contribution in [0, 0.1) is 5.92 Å². The summed E-state index contributed by atoms with van der Waals surface area (Å²) in [6.07, 6.45) is 5.84. The Morgan fingerprint density at radius 3 is 2.78 bits per heavy atom. The van der Waals surface area contributed by atoms with Gasteiger partial charge in [-0.05, 0) is 31.9 Å². The third-order valence-electron chi connectivity index (χ3n) is 3.44. The fourth-order valence-electron chi connectivity index (χ4n) is 2.49. The highest BCUT2D eigenvalue weighted by Crippen LogP contribution is 2.23. The Labute approximate surface area is 113 Å². The van der Waals surface area contributed by atoms with Gasteiger partial charge in [-0.25, -0.2) is 0 Å². The number of hydrogen-bond donors (Lipinski definition) is 1. The number of thioether (sulfide) groups is 1. The SMILES string of the molecule is CSCC(C)C(=O)N1CCCCC1CCC(=O)O. The summed E-state index contributed by atoms with van der Waals surface area (Å²) in [5.74, 6) is 0.288. The number of carbonyl (C=O) groups is 2. The fourth-order valence-corrected chi connectivity index (χ4v) is 3.13. The van der Waals surface area contributed by atoms with Crippen molar-refractivity contribution in [3.8, 4) is 0 Å². The van der Waals surface area contributed by atoms with Crippen LogP contribution in [0.25, 0.3) is 0 Å². The number of rotatable bonds is 6. The van der Waals surface area contributed by atoms with Crippen LogP contribution in [0.5, 0.6) is 0 Å². The standard InChI is InChI=1S/C13H23NO3S/c1-10(9-18-2)13(17)14-8-4-3-5-11(14)6-7-12(15)16/h10-11H,3-9H2,1-2H3,(H,15,16). The third-order valence-corrected chi connectivity index (χ3v) is 4.27. The van der Waals surface area contributed by atoms with E-state index in [1.807, 2.05) is 18.1 Å². The van der Waals surface area contributed by atoms with E-state index in [2.05, 4.69) is 0 Å². The zero-order chi connectivity index (χ0) is 13.5. The molecule has 0 bridgehead atoms. The summed E-state index contributed by atoms with van der Waals surface area (Å²) >= 11 is 1.68. The van der Waals surface area contributed by atoms with Gasteiger partial charge < -0.3 is 10.0 Å². The van der Waals surface area contributed by atoms with Gasteiger partial charge in [-0.1, -0.05) is 6.92 Å². The molecule has 104 valence electrons. The molecule has 1 N–H and O–H groups in total. The highest BCUT2D eigenvalue weighted by atomic mass is 32.2. The highest BCUT2D eigenvalue weighted by Gasteiger charge is 2.29. The molecule has 1 heterocycles. The van der Waals surface area contributed by atoms with Crippen molar-refractivity contribution < 1.29 is 14.7 Å². The van der Waals surface area contributed by atoms with E-state index in [0.717, 1.165) is 31.6 Å². The molecular weight excluding hydrogens is 250 g/mol. The molecule has 2 atom stereocenters. The highest BCUT2D eigenvalue weighted by molar-refractivity contribution is 7.98. The molecule has 0 aromatic rings. The van der Waals surface area contributed by atoms with E-state index in [0.29, 0.717) is 6.42 Å². The van der Waals surface area contributed by atoms with Crippen molar-refractivity contribution in [1.29, 1.82) is 0 Å². The number of carboxylic acid groups (broad SMARTS) is 1. The van der Waals surface area contributed by atoms with E-state index in [4.69, 9.17) is 5.11 Å². The minimum Gasteiger partial charge on any atom is -0.481 e. The molecule has 1 saturated heterocycles. The van der Waals surface area contributed by atoms with Crippen LogP contribution in [0.2, 0.25) is 0 Å². The zero-order valence-electron chi connectivity index (χ0n) is 11.2. The number of piperidine rings is 1. The maximum atomic E-state index is 12.3. The molecule has 18 heavy (non-hydrogen) atoms. The summed E-state index contributed by atoms with van der Waals surface area (Å²) < 4.78 is 0. The summed E-state index contributed by atoms with van der Waals surface area (Å²) in [6.45, 7) is 2.75. The normalized spacial score (nSPS) is 21.7. The monoisotopic (exact) mass is 273 g/mol. The Balaban J connectivity index is 2.57. The number of aliphatic carboxylic acids is 1. The summed E-state index contributed by atoms with van der Waals surface area (Å²) in [4.78, 5) is 24.9. The topological polar surface area (TPSA) is 57.6 Å². The maximum Gasteiger partial charge on any atom is 0.303 e. The van der Waals surface area contributed by atoms with E-state index in [1.54, 1.807) is 11.8 Å². The smallest absolute Gasteiger partial charge is 0.303 e. The van der Waals surface area contributed by atoms with Crippen LogP contribution in [-0.2, 0) is 9.59 Å². The molecule has 5 heteroatoms. The van der Waals surface area contributed by atoms with Gasteiger partial charge in [0.05, 0.1) is 0 Å². The van der Waals surface area contributed by atoms with Gasteiger partial charge in [0.1, 0.15) is 0 Å². The summed E-state index contributed by atoms with van der Waals surface area (Å²) in [7, 11) is 0. The average molecular weight is 273 g/mol. The quantitative estimate of drug-likeness (QED) is 0.806. The Morgan fingerprint density at radius 2 is 2.17 bits per heavy atom. The predicted octanol–water partition coefficient (Wildman–Crippen LogP) is 2.23. The number of carbonyl (C=O) groups excluding carboxylic acids is 1. The predicted molar refractivity (Wildman–Crippen MR) is 73.8 cm³/mol. The molecule has 1 amide bonds. The van der Waals surface area contributed by atoms with Crippen LogP contribution in [0.15, 0.2) is 0 Å². The summed E-state index contributed by atoms with van der Waals surface area (Å²) in [5, 5.41) is 8.76. The van der Waals surface area contributed by atoms with Gasteiger partial charge in [0.25, 0.3) is 0 Å². The fraction of sp³-hybridized carbons (Fsp3) is 0.846.